The molecule has 0 radical (unpaired) electrons. The highest BCUT2D eigenvalue weighted by Crippen LogP contribution is 2.20. The zero-order valence-corrected chi connectivity index (χ0v) is 11.3. The van der Waals surface area contributed by atoms with Crippen LogP contribution in [0, 0.1) is 0 Å². The van der Waals surface area contributed by atoms with E-state index in [0.717, 1.165) is 36.4 Å². The van der Waals surface area contributed by atoms with Gasteiger partial charge in [0.2, 0.25) is 0 Å². The Morgan fingerprint density at radius 1 is 1.42 bits per heavy atom. The lowest BCUT2D eigenvalue weighted by atomic mass is 10.0. The highest BCUT2D eigenvalue weighted by Gasteiger charge is 2.21. The Morgan fingerprint density at radius 2 is 2.32 bits per heavy atom. The standard InChI is InChI=1S/C15H20N2O2/c1-16-11(9-12-5-4-8-18-12)10-15-17-13-6-2-3-7-14(13)19-15/h2-3,6-7,11-12,16H,4-5,8-10H2,1H3. The summed E-state index contributed by atoms with van der Waals surface area (Å²) in [5.41, 5.74) is 1.80. The minimum atomic E-state index is 0.358. The van der Waals surface area contributed by atoms with Crippen molar-refractivity contribution in [3.63, 3.8) is 0 Å². The maximum atomic E-state index is 5.77. The number of rotatable bonds is 5. The topological polar surface area (TPSA) is 47.3 Å². The number of hydrogen-bond donors (Lipinski definition) is 1. The van der Waals surface area contributed by atoms with E-state index in [0.29, 0.717) is 12.1 Å². The van der Waals surface area contributed by atoms with Crippen LogP contribution in [0.15, 0.2) is 28.7 Å². The molecule has 3 rings (SSSR count). The summed E-state index contributed by atoms with van der Waals surface area (Å²) >= 11 is 0. The summed E-state index contributed by atoms with van der Waals surface area (Å²) in [6.07, 6.45) is 4.58. The molecule has 0 spiro atoms. The normalized spacial score (nSPS) is 21.0. The predicted molar refractivity (Wildman–Crippen MR) is 74.2 cm³/mol. The second-order valence-electron chi connectivity index (χ2n) is 5.14. The van der Waals surface area contributed by atoms with Gasteiger partial charge < -0.3 is 14.5 Å². The minimum Gasteiger partial charge on any atom is -0.441 e. The number of fused-ring (bicyclic) bond motifs is 1. The van der Waals surface area contributed by atoms with Gasteiger partial charge in [0, 0.05) is 19.1 Å². The van der Waals surface area contributed by atoms with Gasteiger partial charge in [0.25, 0.3) is 0 Å². The summed E-state index contributed by atoms with van der Waals surface area (Å²) in [5, 5.41) is 3.34. The molecule has 1 aliphatic heterocycles. The van der Waals surface area contributed by atoms with Crippen LogP contribution in [-0.4, -0.2) is 30.8 Å². The molecule has 2 aromatic rings. The molecule has 1 aromatic heterocycles. The van der Waals surface area contributed by atoms with E-state index in [1.54, 1.807) is 0 Å². The largest absolute Gasteiger partial charge is 0.441 e. The third-order valence-corrected chi connectivity index (χ3v) is 3.74. The second-order valence-corrected chi connectivity index (χ2v) is 5.14. The van der Waals surface area contributed by atoms with Gasteiger partial charge in [0.15, 0.2) is 11.5 Å². The average Bonchev–Trinajstić information content (AvgIpc) is 3.06. The number of hydrogen-bond acceptors (Lipinski definition) is 4. The van der Waals surface area contributed by atoms with Gasteiger partial charge in [-0.05, 0) is 38.4 Å². The third-order valence-electron chi connectivity index (χ3n) is 3.74. The molecule has 1 aromatic carbocycles. The van der Waals surface area contributed by atoms with Gasteiger partial charge in [0.05, 0.1) is 6.10 Å². The second kappa shape index (κ2) is 5.72. The molecule has 1 saturated heterocycles. The van der Waals surface area contributed by atoms with Crippen LogP contribution >= 0.6 is 0 Å². The van der Waals surface area contributed by atoms with E-state index in [-0.39, 0.29) is 0 Å². The van der Waals surface area contributed by atoms with E-state index in [1.165, 1.54) is 12.8 Å². The molecule has 1 fully saturated rings. The maximum absolute atomic E-state index is 5.77. The number of aromatic nitrogens is 1. The lowest BCUT2D eigenvalue weighted by Gasteiger charge is -2.18. The molecule has 0 bridgehead atoms. The van der Waals surface area contributed by atoms with Crippen LogP contribution < -0.4 is 5.32 Å². The summed E-state index contributed by atoms with van der Waals surface area (Å²) in [6.45, 7) is 0.907. The SMILES string of the molecule is CNC(Cc1nc2ccccc2o1)CC1CCCO1. The first-order valence-corrected chi connectivity index (χ1v) is 6.98. The van der Waals surface area contributed by atoms with Crippen molar-refractivity contribution in [1.82, 2.24) is 10.3 Å². The Labute approximate surface area is 113 Å². The van der Waals surface area contributed by atoms with E-state index >= 15 is 0 Å². The minimum absolute atomic E-state index is 0.358. The van der Waals surface area contributed by atoms with Crippen LogP contribution in [0.2, 0.25) is 0 Å². The van der Waals surface area contributed by atoms with Gasteiger partial charge in [-0.3, -0.25) is 0 Å². The molecule has 4 nitrogen and oxygen atoms in total. The van der Waals surface area contributed by atoms with E-state index in [4.69, 9.17) is 9.15 Å². The Kier molecular flexibility index (Phi) is 3.80. The molecule has 2 atom stereocenters. The van der Waals surface area contributed by atoms with Gasteiger partial charge in [-0.25, -0.2) is 4.98 Å². The number of benzene rings is 1. The number of oxazole rings is 1. The van der Waals surface area contributed by atoms with Crippen molar-refractivity contribution in [2.24, 2.45) is 0 Å². The van der Waals surface area contributed by atoms with Crippen molar-refractivity contribution < 1.29 is 9.15 Å². The fourth-order valence-corrected chi connectivity index (χ4v) is 2.67. The highest BCUT2D eigenvalue weighted by atomic mass is 16.5. The predicted octanol–water partition coefficient (Wildman–Crippen LogP) is 2.53. The van der Waals surface area contributed by atoms with Crippen LogP contribution in [0.5, 0.6) is 0 Å². The fraction of sp³-hybridized carbons (Fsp3) is 0.533. The molecule has 0 aliphatic carbocycles. The van der Waals surface area contributed by atoms with Crippen molar-refractivity contribution in [1.29, 1.82) is 0 Å². The molecule has 19 heavy (non-hydrogen) atoms. The number of likely N-dealkylation sites (N-methyl/N-ethyl adjacent to an activating group) is 1. The molecule has 102 valence electrons. The van der Waals surface area contributed by atoms with E-state index in [1.807, 2.05) is 31.3 Å². The molecule has 0 amide bonds. The monoisotopic (exact) mass is 260 g/mol. The van der Waals surface area contributed by atoms with Crippen LogP contribution in [-0.2, 0) is 11.2 Å². The van der Waals surface area contributed by atoms with Crippen LogP contribution in [0.4, 0.5) is 0 Å². The zero-order chi connectivity index (χ0) is 13.1. The summed E-state index contributed by atoms with van der Waals surface area (Å²) in [7, 11) is 1.99. The molecule has 1 N–H and O–H groups in total. The maximum Gasteiger partial charge on any atom is 0.197 e. The summed E-state index contributed by atoms with van der Waals surface area (Å²) in [4.78, 5) is 4.53. The Morgan fingerprint density at radius 3 is 3.05 bits per heavy atom. The van der Waals surface area contributed by atoms with Crippen molar-refractivity contribution in [2.45, 2.75) is 37.8 Å². The molecule has 1 aliphatic rings. The van der Waals surface area contributed by atoms with Crippen LogP contribution in [0.25, 0.3) is 11.1 Å². The van der Waals surface area contributed by atoms with Crippen LogP contribution in [0.1, 0.15) is 25.2 Å². The Bertz CT molecular complexity index is 499. The lowest BCUT2D eigenvalue weighted by Crippen LogP contribution is -2.31. The zero-order valence-electron chi connectivity index (χ0n) is 11.3. The lowest BCUT2D eigenvalue weighted by molar-refractivity contribution is 0.0948. The van der Waals surface area contributed by atoms with Crippen molar-refractivity contribution in [2.75, 3.05) is 13.7 Å². The molecular formula is C15H20N2O2. The van der Waals surface area contributed by atoms with Gasteiger partial charge in [-0.15, -0.1) is 0 Å². The van der Waals surface area contributed by atoms with Crippen LogP contribution in [0.3, 0.4) is 0 Å². The smallest absolute Gasteiger partial charge is 0.197 e. The molecule has 2 unspecified atom stereocenters. The molecule has 2 heterocycles. The van der Waals surface area contributed by atoms with E-state index < -0.39 is 0 Å². The van der Waals surface area contributed by atoms with Crippen molar-refractivity contribution in [3.05, 3.63) is 30.2 Å². The highest BCUT2D eigenvalue weighted by molar-refractivity contribution is 5.72. The van der Waals surface area contributed by atoms with Gasteiger partial charge in [-0.1, -0.05) is 12.1 Å². The Hall–Kier alpha value is -1.39. The first-order valence-electron chi connectivity index (χ1n) is 6.98. The first-order chi connectivity index (χ1) is 9.35. The first kappa shape index (κ1) is 12.6. The third kappa shape index (κ3) is 2.96. The number of nitrogens with zero attached hydrogens (tertiary/aromatic N) is 1. The summed E-state index contributed by atoms with van der Waals surface area (Å²) in [5.74, 6) is 0.804. The molecule has 0 saturated carbocycles. The van der Waals surface area contributed by atoms with Gasteiger partial charge >= 0.3 is 0 Å². The van der Waals surface area contributed by atoms with Crippen molar-refractivity contribution in [3.8, 4) is 0 Å². The van der Waals surface area contributed by atoms with Crippen molar-refractivity contribution >= 4 is 11.1 Å². The molecule has 4 heteroatoms. The number of para-hydroxylation sites is 2. The summed E-state index contributed by atoms with van der Waals surface area (Å²) < 4.78 is 11.5. The van der Waals surface area contributed by atoms with Gasteiger partial charge in [-0.2, -0.15) is 0 Å². The fourth-order valence-electron chi connectivity index (χ4n) is 2.67. The Balaban J connectivity index is 1.67. The number of nitrogens with one attached hydrogen (secondary N) is 1. The number of ether oxygens (including phenoxy) is 1. The van der Waals surface area contributed by atoms with E-state index in [2.05, 4.69) is 10.3 Å². The van der Waals surface area contributed by atoms with E-state index in [9.17, 15) is 0 Å². The quantitative estimate of drug-likeness (QED) is 0.897. The average molecular weight is 260 g/mol. The summed E-state index contributed by atoms with van der Waals surface area (Å²) in [6, 6.07) is 8.25. The van der Waals surface area contributed by atoms with Gasteiger partial charge in [0.1, 0.15) is 5.52 Å². The molecular weight excluding hydrogens is 240 g/mol.